The van der Waals surface area contributed by atoms with Gasteiger partial charge in [0.05, 0.1) is 29.5 Å². The number of para-hydroxylation sites is 1. The van der Waals surface area contributed by atoms with Gasteiger partial charge in [-0.1, -0.05) is 18.2 Å². The van der Waals surface area contributed by atoms with E-state index in [1.165, 1.54) is 17.4 Å². The predicted molar refractivity (Wildman–Crippen MR) is 106 cm³/mol. The highest BCUT2D eigenvalue weighted by Crippen LogP contribution is 2.32. The average Bonchev–Trinajstić information content (AvgIpc) is 3.22. The van der Waals surface area contributed by atoms with Crippen molar-refractivity contribution in [2.24, 2.45) is 0 Å². The number of imidazole rings is 1. The van der Waals surface area contributed by atoms with E-state index in [-0.39, 0.29) is 24.9 Å². The van der Waals surface area contributed by atoms with Crippen molar-refractivity contribution in [2.45, 2.75) is 18.4 Å². The van der Waals surface area contributed by atoms with Gasteiger partial charge in [0.25, 0.3) is 11.8 Å². The lowest BCUT2D eigenvalue weighted by molar-refractivity contribution is -0.131. The van der Waals surface area contributed by atoms with Crippen LogP contribution in [0.5, 0.6) is 5.88 Å². The molecular weight excluding hydrogens is 392 g/mol. The number of halogens is 2. The van der Waals surface area contributed by atoms with Crippen LogP contribution in [0.3, 0.4) is 0 Å². The van der Waals surface area contributed by atoms with Crippen LogP contribution in [0.2, 0.25) is 0 Å². The number of aromatic amines is 1. The Balaban J connectivity index is 1.37. The number of carbonyl (C=O) groups excluding carboxylic acids is 1. The third-order valence-electron chi connectivity index (χ3n) is 5.22. The number of likely N-dealkylation sites (tertiary alicyclic amines) is 1. The minimum absolute atomic E-state index is 0.0716. The number of fused-ring (bicyclic) bond motifs is 2. The second-order valence-electron chi connectivity index (χ2n) is 7.21. The number of carbonyl (C=O) groups is 1. The molecule has 1 aliphatic rings. The summed E-state index contributed by atoms with van der Waals surface area (Å²) in [6, 6.07) is 12.3. The molecule has 1 N–H and O–H groups in total. The van der Waals surface area contributed by atoms with E-state index in [0.717, 1.165) is 5.39 Å². The van der Waals surface area contributed by atoms with Crippen LogP contribution in [-0.2, 0) is 0 Å². The monoisotopic (exact) mass is 409 g/mol. The van der Waals surface area contributed by atoms with Crippen molar-refractivity contribution in [1.82, 2.24) is 24.8 Å². The number of nitrogens with zero attached hydrogens (tertiary/aromatic N) is 4. The number of alkyl halides is 2. The van der Waals surface area contributed by atoms with E-state index in [4.69, 9.17) is 4.74 Å². The lowest BCUT2D eigenvalue weighted by atomic mass is 10.0. The molecule has 4 aromatic rings. The first kappa shape index (κ1) is 18.4. The van der Waals surface area contributed by atoms with E-state index in [9.17, 15) is 13.6 Å². The number of ether oxygens (including phenoxy) is 1. The number of aromatic nitrogens is 4. The number of hydrogen-bond acceptors (Lipinski definition) is 5. The van der Waals surface area contributed by atoms with E-state index in [2.05, 4.69) is 19.9 Å². The maximum absolute atomic E-state index is 14.6. The van der Waals surface area contributed by atoms with Gasteiger partial charge in [0.15, 0.2) is 11.8 Å². The summed E-state index contributed by atoms with van der Waals surface area (Å²) < 4.78 is 34.7. The number of amides is 1. The topological polar surface area (TPSA) is 84.0 Å². The van der Waals surface area contributed by atoms with Crippen LogP contribution < -0.4 is 4.74 Å². The zero-order valence-electron chi connectivity index (χ0n) is 15.8. The first-order chi connectivity index (χ1) is 14.5. The molecule has 1 aliphatic heterocycles. The summed E-state index contributed by atoms with van der Waals surface area (Å²) in [6.07, 6.45) is 0.900. The molecule has 7 nitrogen and oxygen atoms in total. The summed E-state index contributed by atoms with van der Waals surface area (Å²) in [6.45, 7) is -0.320. The SMILES string of the molecule is O=C(c1cnc2nc[nH]c2c1)N1CCC(F)(F)C(Oc2ccc3ccccc3n2)C1. The molecule has 1 amide bonds. The average molecular weight is 409 g/mol. The first-order valence-electron chi connectivity index (χ1n) is 9.48. The van der Waals surface area contributed by atoms with Gasteiger partial charge in [-0.25, -0.2) is 23.7 Å². The van der Waals surface area contributed by atoms with Crippen molar-refractivity contribution in [3.63, 3.8) is 0 Å². The van der Waals surface area contributed by atoms with Crippen molar-refractivity contribution in [3.05, 3.63) is 60.6 Å². The zero-order valence-corrected chi connectivity index (χ0v) is 15.8. The van der Waals surface area contributed by atoms with E-state index in [1.807, 2.05) is 18.2 Å². The lowest BCUT2D eigenvalue weighted by Crippen LogP contribution is -2.55. The van der Waals surface area contributed by atoms with Gasteiger partial charge in [0.1, 0.15) is 0 Å². The van der Waals surface area contributed by atoms with Crippen LogP contribution in [0.15, 0.2) is 55.0 Å². The number of benzene rings is 1. The van der Waals surface area contributed by atoms with Crippen molar-refractivity contribution in [1.29, 1.82) is 0 Å². The minimum Gasteiger partial charge on any atom is -0.466 e. The molecule has 1 aromatic carbocycles. The molecule has 0 aliphatic carbocycles. The normalized spacial score (nSPS) is 18.6. The third-order valence-corrected chi connectivity index (χ3v) is 5.22. The highest BCUT2D eigenvalue weighted by atomic mass is 19.3. The number of rotatable bonds is 3. The zero-order chi connectivity index (χ0) is 20.7. The molecule has 3 aromatic heterocycles. The van der Waals surface area contributed by atoms with Gasteiger partial charge in [-0.3, -0.25) is 4.79 Å². The Hall–Kier alpha value is -3.62. The quantitative estimate of drug-likeness (QED) is 0.560. The maximum atomic E-state index is 14.6. The highest BCUT2D eigenvalue weighted by Gasteiger charge is 2.47. The number of H-pyrrole nitrogens is 1. The first-order valence-corrected chi connectivity index (χ1v) is 9.48. The van der Waals surface area contributed by atoms with Crippen LogP contribution in [-0.4, -0.2) is 55.9 Å². The van der Waals surface area contributed by atoms with Crippen LogP contribution in [0.25, 0.3) is 22.1 Å². The third kappa shape index (κ3) is 3.32. The fourth-order valence-electron chi connectivity index (χ4n) is 3.57. The molecule has 152 valence electrons. The molecule has 9 heteroatoms. The summed E-state index contributed by atoms with van der Waals surface area (Å²) >= 11 is 0. The Labute approximate surface area is 169 Å². The molecule has 1 atom stereocenters. The summed E-state index contributed by atoms with van der Waals surface area (Å²) in [5.41, 5.74) is 2.05. The largest absolute Gasteiger partial charge is 0.466 e. The van der Waals surface area contributed by atoms with E-state index in [1.54, 1.807) is 24.3 Å². The van der Waals surface area contributed by atoms with E-state index < -0.39 is 18.4 Å². The van der Waals surface area contributed by atoms with Gasteiger partial charge in [0, 0.05) is 30.6 Å². The van der Waals surface area contributed by atoms with Crippen LogP contribution in [0, 0.1) is 0 Å². The standard InChI is InChI=1S/C21H17F2N5O2/c22-21(23)7-8-28(20(29)14-9-16-19(24-10-14)26-12-25-16)11-17(21)30-18-6-5-13-3-1-2-4-15(13)27-18/h1-6,9-10,12,17H,7-8,11H2,(H,24,25,26). The summed E-state index contributed by atoms with van der Waals surface area (Å²) in [5.74, 6) is -3.35. The fourth-order valence-corrected chi connectivity index (χ4v) is 3.57. The van der Waals surface area contributed by atoms with E-state index in [0.29, 0.717) is 22.2 Å². The summed E-state index contributed by atoms with van der Waals surface area (Å²) in [5, 5.41) is 0.888. The molecular formula is C21H17F2N5O2. The van der Waals surface area contributed by atoms with Crippen molar-refractivity contribution in [2.75, 3.05) is 13.1 Å². The molecule has 0 radical (unpaired) electrons. The molecule has 1 unspecified atom stereocenters. The molecule has 0 spiro atoms. The smallest absolute Gasteiger partial charge is 0.287 e. The van der Waals surface area contributed by atoms with Gasteiger partial charge in [-0.05, 0) is 18.2 Å². The molecule has 1 fully saturated rings. The number of pyridine rings is 2. The Morgan fingerprint density at radius 3 is 2.97 bits per heavy atom. The van der Waals surface area contributed by atoms with Crippen molar-refractivity contribution < 1.29 is 18.3 Å². The van der Waals surface area contributed by atoms with Gasteiger partial charge < -0.3 is 14.6 Å². The molecule has 0 saturated carbocycles. The maximum Gasteiger partial charge on any atom is 0.287 e. The van der Waals surface area contributed by atoms with E-state index >= 15 is 0 Å². The number of nitrogens with one attached hydrogen (secondary N) is 1. The second kappa shape index (κ2) is 7.01. The fraction of sp³-hybridized carbons (Fsp3) is 0.238. The molecule has 0 bridgehead atoms. The molecule has 5 rings (SSSR count). The second-order valence-corrected chi connectivity index (χ2v) is 7.21. The highest BCUT2D eigenvalue weighted by molar-refractivity contribution is 5.96. The number of piperidine rings is 1. The van der Waals surface area contributed by atoms with Crippen LogP contribution in [0.4, 0.5) is 8.78 Å². The Kier molecular flexibility index (Phi) is 4.30. The van der Waals surface area contributed by atoms with Crippen molar-refractivity contribution in [3.8, 4) is 5.88 Å². The minimum atomic E-state index is -3.07. The molecule has 4 heterocycles. The lowest BCUT2D eigenvalue weighted by Gasteiger charge is -2.37. The van der Waals surface area contributed by atoms with Crippen molar-refractivity contribution >= 4 is 28.0 Å². The number of hydrogen-bond donors (Lipinski definition) is 1. The predicted octanol–water partition coefficient (Wildman–Crippen LogP) is 3.43. The Bertz CT molecular complexity index is 1240. The van der Waals surface area contributed by atoms with Gasteiger partial charge in [-0.2, -0.15) is 0 Å². The Morgan fingerprint density at radius 1 is 1.20 bits per heavy atom. The van der Waals surface area contributed by atoms with Gasteiger partial charge >= 0.3 is 0 Å². The Morgan fingerprint density at radius 2 is 2.07 bits per heavy atom. The van der Waals surface area contributed by atoms with Crippen LogP contribution >= 0.6 is 0 Å². The molecule has 30 heavy (non-hydrogen) atoms. The van der Waals surface area contributed by atoms with Gasteiger partial charge in [0.2, 0.25) is 5.88 Å². The van der Waals surface area contributed by atoms with Gasteiger partial charge in [-0.15, -0.1) is 0 Å². The summed E-state index contributed by atoms with van der Waals surface area (Å²) in [7, 11) is 0. The molecule has 1 saturated heterocycles. The summed E-state index contributed by atoms with van der Waals surface area (Å²) in [4.78, 5) is 29.6. The van der Waals surface area contributed by atoms with Crippen LogP contribution in [0.1, 0.15) is 16.8 Å².